The molecule has 0 saturated carbocycles. The minimum atomic E-state index is 0.387. The van der Waals surface area contributed by atoms with Crippen molar-refractivity contribution in [3.05, 3.63) is 58.8 Å². The second-order valence-electron chi connectivity index (χ2n) is 5.18. The molecule has 1 aliphatic carbocycles. The van der Waals surface area contributed by atoms with Crippen molar-refractivity contribution in [1.29, 1.82) is 0 Å². The summed E-state index contributed by atoms with van der Waals surface area (Å²) in [6.45, 7) is 0. The van der Waals surface area contributed by atoms with E-state index in [9.17, 15) is 0 Å². The summed E-state index contributed by atoms with van der Waals surface area (Å²) in [5.41, 5.74) is 3.51. The molecule has 1 aromatic carbocycles. The van der Waals surface area contributed by atoms with Crippen molar-refractivity contribution in [2.45, 2.75) is 25.2 Å². The van der Waals surface area contributed by atoms with Crippen LogP contribution in [0.25, 0.3) is 5.65 Å². The van der Waals surface area contributed by atoms with Gasteiger partial charge in [0.2, 0.25) is 0 Å². The summed E-state index contributed by atoms with van der Waals surface area (Å²) in [5, 5.41) is 8.91. The van der Waals surface area contributed by atoms with Gasteiger partial charge in [0.1, 0.15) is 5.82 Å². The quantitative estimate of drug-likeness (QED) is 0.690. The lowest BCUT2D eigenvalue weighted by molar-refractivity contribution is 0.550. The molecule has 0 N–H and O–H groups in total. The van der Waals surface area contributed by atoms with Crippen molar-refractivity contribution in [3.8, 4) is 0 Å². The van der Waals surface area contributed by atoms with Crippen LogP contribution in [0.3, 0.4) is 0 Å². The van der Waals surface area contributed by atoms with E-state index in [1.807, 2.05) is 10.6 Å². The Labute approximate surface area is 121 Å². The van der Waals surface area contributed by atoms with Crippen LogP contribution in [0.15, 0.2) is 36.7 Å². The van der Waals surface area contributed by atoms with E-state index in [1.165, 1.54) is 11.1 Å². The lowest BCUT2D eigenvalue weighted by Gasteiger charge is -2.23. The molecule has 5 heteroatoms. The molecule has 0 aliphatic heterocycles. The molecule has 1 unspecified atom stereocenters. The third kappa shape index (κ3) is 1.79. The van der Waals surface area contributed by atoms with Gasteiger partial charge in [0.05, 0.1) is 0 Å². The molecular formula is C15H13ClN4. The fourth-order valence-electron chi connectivity index (χ4n) is 3.01. The molecule has 0 amide bonds. The molecule has 0 fully saturated rings. The third-order valence-corrected chi connectivity index (χ3v) is 4.29. The summed E-state index contributed by atoms with van der Waals surface area (Å²) in [7, 11) is 0. The number of aromatic nitrogens is 4. The van der Waals surface area contributed by atoms with Crippen molar-refractivity contribution < 1.29 is 0 Å². The van der Waals surface area contributed by atoms with Gasteiger partial charge in [-0.05, 0) is 30.4 Å². The van der Waals surface area contributed by atoms with Crippen LogP contribution in [0.1, 0.15) is 29.3 Å². The predicted molar refractivity (Wildman–Crippen MR) is 77.0 cm³/mol. The van der Waals surface area contributed by atoms with E-state index in [4.69, 9.17) is 11.6 Å². The van der Waals surface area contributed by atoms with Gasteiger partial charge in [-0.15, -0.1) is 10.2 Å². The van der Waals surface area contributed by atoms with Crippen LogP contribution in [-0.4, -0.2) is 19.6 Å². The van der Waals surface area contributed by atoms with Crippen molar-refractivity contribution in [3.63, 3.8) is 0 Å². The average Bonchev–Trinajstić information content (AvgIpc) is 2.92. The molecule has 20 heavy (non-hydrogen) atoms. The Balaban J connectivity index is 1.76. The van der Waals surface area contributed by atoms with E-state index in [2.05, 4.69) is 39.4 Å². The van der Waals surface area contributed by atoms with Gasteiger partial charge in [0, 0.05) is 18.3 Å². The molecule has 0 spiro atoms. The van der Waals surface area contributed by atoms with Crippen LogP contribution in [0.4, 0.5) is 0 Å². The van der Waals surface area contributed by atoms with E-state index in [0.717, 1.165) is 25.1 Å². The first-order valence-corrected chi connectivity index (χ1v) is 7.12. The Morgan fingerprint density at radius 3 is 2.90 bits per heavy atom. The topological polar surface area (TPSA) is 43.1 Å². The zero-order valence-corrected chi connectivity index (χ0v) is 11.6. The van der Waals surface area contributed by atoms with E-state index < -0.39 is 0 Å². The molecule has 0 saturated heterocycles. The minimum Gasteiger partial charge on any atom is -0.282 e. The summed E-state index contributed by atoms with van der Waals surface area (Å²) in [6.07, 6.45) is 6.78. The van der Waals surface area contributed by atoms with Gasteiger partial charge < -0.3 is 0 Å². The lowest BCUT2D eigenvalue weighted by atomic mass is 9.83. The first kappa shape index (κ1) is 11.9. The van der Waals surface area contributed by atoms with Crippen LogP contribution in [-0.2, 0) is 12.8 Å². The first-order chi connectivity index (χ1) is 9.83. The highest BCUT2D eigenvalue weighted by Gasteiger charge is 2.24. The van der Waals surface area contributed by atoms with Gasteiger partial charge >= 0.3 is 0 Å². The van der Waals surface area contributed by atoms with Crippen molar-refractivity contribution in [2.24, 2.45) is 0 Å². The van der Waals surface area contributed by atoms with Gasteiger partial charge in [0.15, 0.2) is 10.8 Å². The number of aryl methyl sites for hydroxylation is 1. The summed E-state index contributed by atoms with van der Waals surface area (Å²) < 4.78 is 1.97. The second kappa shape index (κ2) is 4.56. The zero-order chi connectivity index (χ0) is 13.5. The summed E-state index contributed by atoms with van der Waals surface area (Å²) in [5.74, 6) is 1.37. The summed E-state index contributed by atoms with van der Waals surface area (Å²) >= 11 is 6.06. The fraction of sp³-hybridized carbons (Fsp3) is 0.267. The number of hydrogen-bond acceptors (Lipinski definition) is 3. The molecular weight excluding hydrogens is 272 g/mol. The van der Waals surface area contributed by atoms with Crippen LogP contribution in [0.2, 0.25) is 5.15 Å². The molecule has 2 heterocycles. The molecule has 2 aromatic heterocycles. The Morgan fingerprint density at radius 2 is 2.00 bits per heavy atom. The summed E-state index contributed by atoms with van der Waals surface area (Å²) in [6, 6.07) is 8.63. The molecule has 1 atom stereocenters. The van der Waals surface area contributed by atoms with E-state index in [0.29, 0.717) is 16.7 Å². The van der Waals surface area contributed by atoms with Gasteiger partial charge in [0.25, 0.3) is 0 Å². The van der Waals surface area contributed by atoms with E-state index >= 15 is 0 Å². The highest BCUT2D eigenvalue weighted by Crippen LogP contribution is 2.32. The average molecular weight is 285 g/mol. The Kier molecular flexibility index (Phi) is 2.70. The Hall–Kier alpha value is -1.94. The van der Waals surface area contributed by atoms with Gasteiger partial charge in [-0.2, -0.15) is 0 Å². The third-order valence-electron chi connectivity index (χ3n) is 4.02. The molecule has 100 valence electrons. The Bertz CT molecular complexity index is 780. The van der Waals surface area contributed by atoms with Gasteiger partial charge in [-0.25, -0.2) is 4.98 Å². The van der Waals surface area contributed by atoms with Crippen LogP contribution in [0, 0.1) is 0 Å². The molecule has 4 rings (SSSR count). The van der Waals surface area contributed by atoms with Gasteiger partial charge in [-0.3, -0.25) is 4.40 Å². The maximum Gasteiger partial charge on any atom is 0.198 e. The molecule has 0 radical (unpaired) electrons. The number of rotatable bonds is 1. The monoisotopic (exact) mass is 284 g/mol. The summed E-state index contributed by atoms with van der Waals surface area (Å²) in [4.78, 5) is 4.04. The molecule has 0 bridgehead atoms. The highest BCUT2D eigenvalue weighted by molar-refractivity contribution is 6.32. The molecule has 4 nitrogen and oxygen atoms in total. The van der Waals surface area contributed by atoms with E-state index in [1.54, 1.807) is 6.20 Å². The van der Waals surface area contributed by atoms with Crippen LogP contribution in [0.5, 0.6) is 0 Å². The number of benzene rings is 1. The van der Waals surface area contributed by atoms with Crippen molar-refractivity contribution in [2.75, 3.05) is 0 Å². The number of fused-ring (bicyclic) bond motifs is 2. The fourth-order valence-corrected chi connectivity index (χ4v) is 3.20. The van der Waals surface area contributed by atoms with E-state index in [-0.39, 0.29) is 0 Å². The number of halogens is 1. The van der Waals surface area contributed by atoms with Crippen LogP contribution < -0.4 is 0 Å². The van der Waals surface area contributed by atoms with Gasteiger partial charge in [-0.1, -0.05) is 35.9 Å². The highest BCUT2D eigenvalue weighted by atomic mass is 35.5. The first-order valence-electron chi connectivity index (χ1n) is 6.75. The number of nitrogens with zero attached hydrogens (tertiary/aromatic N) is 4. The maximum absolute atomic E-state index is 6.06. The number of hydrogen-bond donors (Lipinski definition) is 0. The normalized spacial score (nSPS) is 18.1. The zero-order valence-electron chi connectivity index (χ0n) is 10.8. The largest absolute Gasteiger partial charge is 0.282 e. The predicted octanol–water partition coefficient (Wildman–Crippen LogP) is 3.05. The minimum absolute atomic E-state index is 0.387. The smallest absolute Gasteiger partial charge is 0.198 e. The molecule has 1 aliphatic rings. The Morgan fingerprint density at radius 1 is 1.15 bits per heavy atom. The molecule has 3 aromatic rings. The van der Waals surface area contributed by atoms with Crippen molar-refractivity contribution >= 4 is 17.2 Å². The van der Waals surface area contributed by atoms with Crippen molar-refractivity contribution in [1.82, 2.24) is 19.6 Å². The second-order valence-corrected chi connectivity index (χ2v) is 5.54. The van der Waals surface area contributed by atoms with Crippen LogP contribution >= 0.6 is 11.6 Å². The maximum atomic E-state index is 6.06. The SMILES string of the molecule is Clc1nccn2c(C3CCc4ccccc4C3)nnc12. The lowest BCUT2D eigenvalue weighted by Crippen LogP contribution is -2.15. The standard InChI is InChI=1S/C15H13ClN4/c16-13-15-19-18-14(20(15)8-7-17-13)12-6-5-10-3-1-2-4-11(10)9-12/h1-4,7-8,12H,5-6,9H2.